The van der Waals surface area contributed by atoms with E-state index in [-0.39, 0.29) is 0 Å². The van der Waals surface area contributed by atoms with E-state index in [0.29, 0.717) is 11.7 Å². The predicted molar refractivity (Wildman–Crippen MR) is 66.3 cm³/mol. The fourth-order valence-corrected chi connectivity index (χ4v) is 1.66. The molecule has 17 heavy (non-hydrogen) atoms. The van der Waals surface area contributed by atoms with Crippen LogP contribution in [0.3, 0.4) is 0 Å². The maximum Gasteiger partial charge on any atom is 0.226 e. The number of rotatable bonds is 6. The molecule has 1 aromatic carbocycles. The minimum atomic E-state index is 0.666. The molecule has 0 spiro atoms. The second-order valence-electron chi connectivity index (χ2n) is 3.98. The molecule has 4 nitrogen and oxygen atoms in total. The molecule has 0 aliphatic rings. The van der Waals surface area contributed by atoms with Gasteiger partial charge in [0.2, 0.25) is 11.7 Å². The maximum atomic E-state index is 5.44. The molecular weight excluding hydrogens is 214 g/mol. The standard InChI is InChI=1S/C13H17N3O/c14-10-6-2-5-9-12-15-13(16-17-12)11-7-3-1-4-8-11/h1,3-4,7-8H,2,5-6,9-10,14H2. The van der Waals surface area contributed by atoms with Gasteiger partial charge in [0.1, 0.15) is 0 Å². The Labute approximate surface area is 101 Å². The summed E-state index contributed by atoms with van der Waals surface area (Å²) in [6, 6.07) is 9.85. The van der Waals surface area contributed by atoms with Crippen LogP contribution in [0.5, 0.6) is 0 Å². The smallest absolute Gasteiger partial charge is 0.226 e. The summed E-state index contributed by atoms with van der Waals surface area (Å²) >= 11 is 0. The number of aryl methyl sites for hydroxylation is 1. The molecule has 0 fully saturated rings. The van der Waals surface area contributed by atoms with Gasteiger partial charge < -0.3 is 10.3 Å². The van der Waals surface area contributed by atoms with Gasteiger partial charge in [0, 0.05) is 12.0 Å². The Morgan fingerprint density at radius 1 is 1.06 bits per heavy atom. The number of unbranched alkanes of at least 4 members (excludes halogenated alkanes) is 2. The molecule has 1 aromatic heterocycles. The first-order valence-electron chi connectivity index (χ1n) is 5.98. The van der Waals surface area contributed by atoms with Crippen LogP contribution < -0.4 is 5.73 Å². The minimum Gasteiger partial charge on any atom is -0.339 e. The quantitative estimate of drug-likeness (QED) is 0.775. The fraction of sp³-hybridized carbons (Fsp3) is 0.385. The summed E-state index contributed by atoms with van der Waals surface area (Å²) in [6.45, 7) is 0.749. The minimum absolute atomic E-state index is 0.666. The van der Waals surface area contributed by atoms with E-state index < -0.39 is 0 Å². The highest BCUT2D eigenvalue weighted by atomic mass is 16.5. The van der Waals surface area contributed by atoms with Gasteiger partial charge in [0.25, 0.3) is 0 Å². The Hall–Kier alpha value is -1.68. The lowest BCUT2D eigenvalue weighted by atomic mass is 10.2. The van der Waals surface area contributed by atoms with Crippen LogP contribution in [0.15, 0.2) is 34.9 Å². The molecule has 0 aliphatic heterocycles. The molecule has 2 rings (SSSR count). The van der Waals surface area contributed by atoms with Crippen molar-refractivity contribution in [1.82, 2.24) is 10.1 Å². The topological polar surface area (TPSA) is 64.9 Å². The highest BCUT2D eigenvalue weighted by molar-refractivity contribution is 5.53. The zero-order chi connectivity index (χ0) is 11.9. The third-order valence-corrected chi connectivity index (χ3v) is 2.59. The van der Waals surface area contributed by atoms with Gasteiger partial charge in [-0.2, -0.15) is 4.98 Å². The van der Waals surface area contributed by atoms with Gasteiger partial charge in [0.15, 0.2) is 0 Å². The van der Waals surface area contributed by atoms with Crippen LogP contribution in [0.4, 0.5) is 0 Å². The monoisotopic (exact) mass is 231 g/mol. The van der Waals surface area contributed by atoms with Crippen molar-refractivity contribution in [2.45, 2.75) is 25.7 Å². The van der Waals surface area contributed by atoms with Crippen molar-refractivity contribution in [2.24, 2.45) is 5.73 Å². The summed E-state index contributed by atoms with van der Waals surface area (Å²) in [5.41, 5.74) is 6.43. The number of nitrogens with two attached hydrogens (primary N) is 1. The number of benzene rings is 1. The molecule has 0 bridgehead atoms. The number of hydrogen-bond donors (Lipinski definition) is 1. The van der Waals surface area contributed by atoms with E-state index in [2.05, 4.69) is 10.1 Å². The lowest BCUT2D eigenvalue weighted by Crippen LogP contribution is -1.98. The molecule has 2 aromatic rings. The molecular formula is C13H17N3O. The maximum absolute atomic E-state index is 5.44. The summed E-state index contributed by atoms with van der Waals surface area (Å²) in [5.74, 6) is 1.38. The molecule has 0 amide bonds. The molecule has 0 radical (unpaired) electrons. The van der Waals surface area contributed by atoms with Crippen LogP contribution in [0, 0.1) is 0 Å². The van der Waals surface area contributed by atoms with Gasteiger partial charge in [-0.15, -0.1) is 0 Å². The Morgan fingerprint density at radius 2 is 1.88 bits per heavy atom. The van der Waals surface area contributed by atoms with E-state index in [4.69, 9.17) is 10.3 Å². The van der Waals surface area contributed by atoms with E-state index in [1.165, 1.54) is 0 Å². The molecule has 90 valence electrons. The molecule has 0 unspecified atom stereocenters. The van der Waals surface area contributed by atoms with Crippen molar-refractivity contribution in [2.75, 3.05) is 6.54 Å². The van der Waals surface area contributed by atoms with Crippen molar-refractivity contribution in [3.8, 4) is 11.4 Å². The van der Waals surface area contributed by atoms with E-state index in [1.54, 1.807) is 0 Å². The number of nitrogens with zero attached hydrogens (tertiary/aromatic N) is 2. The van der Waals surface area contributed by atoms with Gasteiger partial charge >= 0.3 is 0 Å². The van der Waals surface area contributed by atoms with Crippen LogP contribution in [-0.2, 0) is 6.42 Å². The van der Waals surface area contributed by atoms with Crippen LogP contribution >= 0.6 is 0 Å². The lowest BCUT2D eigenvalue weighted by Gasteiger charge is -1.94. The molecule has 0 aliphatic carbocycles. The fourth-order valence-electron chi connectivity index (χ4n) is 1.66. The van der Waals surface area contributed by atoms with E-state index >= 15 is 0 Å². The van der Waals surface area contributed by atoms with Gasteiger partial charge in [-0.1, -0.05) is 41.9 Å². The number of hydrogen-bond acceptors (Lipinski definition) is 4. The third kappa shape index (κ3) is 3.39. The third-order valence-electron chi connectivity index (χ3n) is 2.59. The summed E-state index contributed by atoms with van der Waals surface area (Å²) in [4.78, 5) is 4.37. The summed E-state index contributed by atoms with van der Waals surface area (Å²) < 4.78 is 5.21. The Bertz CT molecular complexity index is 439. The number of aromatic nitrogens is 2. The molecule has 1 heterocycles. The van der Waals surface area contributed by atoms with Gasteiger partial charge in [-0.05, 0) is 19.4 Å². The molecule has 2 N–H and O–H groups in total. The zero-order valence-corrected chi connectivity index (χ0v) is 9.80. The predicted octanol–water partition coefficient (Wildman–Crippen LogP) is 2.41. The largest absolute Gasteiger partial charge is 0.339 e. The average Bonchev–Trinajstić information content (AvgIpc) is 2.85. The normalized spacial score (nSPS) is 10.6. The first-order valence-corrected chi connectivity index (χ1v) is 5.98. The van der Waals surface area contributed by atoms with Crippen LogP contribution in [0.2, 0.25) is 0 Å². The van der Waals surface area contributed by atoms with E-state index in [1.807, 2.05) is 30.3 Å². The first-order chi connectivity index (χ1) is 8.40. The Kier molecular flexibility index (Phi) is 4.27. The van der Waals surface area contributed by atoms with Crippen molar-refractivity contribution in [3.63, 3.8) is 0 Å². The van der Waals surface area contributed by atoms with Crippen molar-refractivity contribution < 1.29 is 4.52 Å². The first kappa shape index (κ1) is 11.8. The summed E-state index contributed by atoms with van der Waals surface area (Å²) in [6.07, 6.45) is 4.05. The Morgan fingerprint density at radius 3 is 2.65 bits per heavy atom. The highest BCUT2D eigenvalue weighted by Gasteiger charge is 2.07. The van der Waals surface area contributed by atoms with Crippen LogP contribution in [0.25, 0.3) is 11.4 Å². The van der Waals surface area contributed by atoms with Crippen LogP contribution in [-0.4, -0.2) is 16.7 Å². The summed E-state index contributed by atoms with van der Waals surface area (Å²) in [7, 11) is 0. The van der Waals surface area contributed by atoms with Gasteiger partial charge in [0.05, 0.1) is 0 Å². The molecule has 0 saturated heterocycles. The Balaban J connectivity index is 1.92. The van der Waals surface area contributed by atoms with Crippen LogP contribution in [0.1, 0.15) is 25.2 Å². The zero-order valence-electron chi connectivity index (χ0n) is 9.80. The van der Waals surface area contributed by atoms with Crippen molar-refractivity contribution in [1.29, 1.82) is 0 Å². The SMILES string of the molecule is NCCCCCc1nc(-c2ccccc2)no1. The molecule has 0 saturated carbocycles. The van der Waals surface area contributed by atoms with Crippen molar-refractivity contribution in [3.05, 3.63) is 36.2 Å². The molecule has 0 atom stereocenters. The summed E-state index contributed by atoms with van der Waals surface area (Å²) in [5, 5.41) is 3.97. The second-order valence-corrected chi connectivity index (χ2v) is 3.98. The van der Waals surface area contributed by atoms with Crippen molar-refractivity contribution >= 4 is 0 Å². The van der Waals surface area contributed by atoms with E-state index in [9.17, 15) is 0 Å². The highest BCUT2D eigenvalue weighted by Crippen LogP contribution is 2.15. The average molecular weight is 231 g/mol. The van der Waals surface area contributed by atoms with Gasteiger partial charge in [-0.25, -0.2) is 0 Å². The van der Waals surface area contributed by atoms with Gasteiger partial charge in [-0.3, -0.25) is 0 Å². The second kappa shape index (κ2) is 6.15. The lowest BCUT2D eigenvalue weighted by molar-refractivity contribution is 0.374. The molecule has 4 heteroatoms. The van der Waals surface area contributed by atoms with E-state index in [0.717, 1.165) is 37.8 Å².